The highest BCUT2D eigenvalue weighted by molar-refractivity contribution is 8.17. The molecule has 0 amide bonds. The molecule has 0 radical (unpaired) electrons. The molecule has 1 fully saturated rings. The molecule has 0 aliphatic carbocycles. The van der Waals surface area contributed by atoms with Crippen molar-refractivity contribution < 1.29 is 0 Å². The van der Waals surface area contributed by atoms with E-state index < -0.39 is 0 Å². The number of hydrogen-bond donors (Lipinski definition) is 1. The molecule has 0 unspecified atom stereocenters. The van der Waals surface area contributed by atoms with Gasteiger partial charge in [0.25, 0.3) is 0 Å². The molecule has 1 nitrogen and oxygen atoms in total. The van der Waals surface area contributed by atoms with Crippen LogP contribution < -0.4 is 5.73 Å². The van der Waals surface area contributed by atoms with Crippen molar-refractivity contribution in [2.75, 3.05) is 11.5 Å². The van der Waals surface area contributed by atoms with Gasteiger partial charge in [-0.1, -0.05) is 30.3 Å². The highest BCUT2D eigenvalue weighted by Gasteiger charge is 2.17. The van der Waals surface area contributed by atoms with Crippen molar-refractivity contribution in [2.45, 2.75) is 29.9 Å². The van der Waals surface area contributed by atoms with Crippen LogP contribution in [0.25, 0.3) is 0 Å². The third kappa shape index (κ3) is 4.04. The van der Waals surface area contributed by atoms with Crippen LogP contribution >= 0.6 is 23.5 Å². The Morgan fingerprint density at radius 2 is 1.88 bits per heavy atom. The van der Waals surface area contributed by atoms with Gasteiger partial charge in [0.2, 0.25) is 0 Å². The molecular weight excluding hydrogens is 234 g/mol. The van der Waals surface area contributed by atoms with Crippen molar-refractivity contribution in [3.05, 3.63) is 35.9 Å². The second-order valence-corrected chi connectivity index (χ2v) is 7.13. The van der Waals surface area contributed by atoms with Gasteiger partial charge in [0.05, 0.1) is 4.58 Å². The molecule has 2 N–H and O–H groups in total. The van der Waals surface area contributed by atoms with Gasteiger partial charge in [0.15, 0.2) is 0 Å². The molecule has 1 saturated heterocycles. The van der Waals surface area contributed by atoms with Gasteiger partial charge in [-0.2, -0.15) is 0 Å². The van der Waals surface area contributed by atoms with Crippen LogP contribution in [-0.2, 0) is 6.42 Å². The second-order valence-electron chi connectivity index (χ2n) is 4.21. The summed E-state index contributed by atoms with van der Waals surface area (Å²) in [7, 11) is 0. The Kier molecular flexibility index (Phi) is 5.07. The van der Waals surface area contributed by atoms with Crippen LogP contribution in [0.1, 0.15) is 18.4 Å². The first-order valence-electron chi connectivity index (χ1n) is 5.87. The zero-order valence-corrected chi connectivity index (χ0v) is 11.1. The van der Waals surface area contributed by atoms with Crippen LogP contribution in [0.2, 0.25) is 0 Å². The summed E-state index contributed by atoms with van der Waals surface area (Å²) in [5.74, 6) is 2.63. The molecular formula is C13H19NS2. The lowest BCUT2D eigenvalue weighted by molar-refractivity contribution is 0.640. The Morgan fingerprint density at radius 3 is 2.56 bits per heavy atom. The summed E-state index contributed by atoms with van der Waals surface area (Å²) in [6.07, 6.45) is 3.52. The molecule has 88 valence electrons. The van der Waals surface area contributed by atoms with Crippen LogP contribution in [0.3, 0.4) is 0 Å². The number of nitrogens with two attached hydrogens (primary N) is 1. The summed E-state index contributed by atoms with van der Waals surface area (Å²) < 4.78 is 0.729. The molecule has 1 aliphatic heterocycles. The van der Waals surface area contributed by atoms with E-state index in [2.05, 4.69) is 53.9 Å². The Balaban J connectivity index is 1.77. The highest BCUT2D eigenvalue weighted by atomic mass is 32.2. The van der Waals surface area contributed by atoms with Crippen molar-refractivity contribution in [1.82, 2.24) is 0 Å². The van der Waals surface area contributed by atoms with Crippen LogP contribution in [-0.4, -0.2) is 22.1 Å². The fourth-order valence-electron chi connectivity index (χ4n) is 1.92. The molecule has 2 rings (SSSR count). The van der Waals surface area contributed by atoms with Crippen LogP contribution in [0, 0.1) is 0 Å². The lowest BCUT2D eigenvalue weighted by Crippen LogP contribution is -2.27. The molecule has 0 aromatic heterocycles. The number of thioether (sulfide) groups is 2. The van der Waals surface area contributed by atoms with E-state index in [-0.39, 0.29) is 0 Å². The Hall–Kier alpha value is -0.120. The minimum absolute atomic E-state index is 0.311. The first-order valence-corrected chi connectivity index (χ1v) is 7.97. The zero-order valence-electron chi connectivity index (χ0n) is 9.47. The van der Waals surface area contributed by atoms with Gasteiger partial charge in [-0.15, -0.1) is 23.5 Å². The number of hydrogen-bond acceptors (Lipinski definition) is 3. The normalized spacial score (nSPS) is 19.6. The maximum absolute atomic E-state index is 6.21. The third-order valence-electron chi connectivity index (χ3n) is 2.73. The van der Waals surface area contributed by atoms with Crippen molar-refractivity contribution in [3.8, 4) is 0 Å². The zero-order chi connectivity index (χ0) is 11.2. The number of benzene rings is 1. The lowest BCUT2D eigenvalue weighted by Gasteiger charge is -2.23. The molecule has 0 bridgehead atoms. The molecule has 1 heterocycles. The Bertz CT molecular complexity index is 296. The fourth-order valence-corrected chi connectivity index (χ4v) is 4.98. The van der Waals surface area contributed by atoms with Gasteiger partial charge in [-0.05, 0) is 36.3 Å². The van der Waals surface area contributed by atoms with Crippen LogP contribution in [0.15, 0.2) is 30.3 Å². The highest BCUT2D eigenvalue weighted by Crippen LogP contribution is 2.33. The molecule has 1 aromatic carbocycles. The quantitative estimate of drug-likeness (QED) is 0.893. The van der Waals surface area contributed by atoms with E-state index in [9.17, 15) is 0 Å². The summed E-state index contributed by atoms with van der Waals surface area (Å²) in [6.45, 7) is 0. The summed E-state index contributed by atoms with van der Waals surface area (Å²) in [6, 6.07) is 10.9. The molecule has 3 heteroatoms. The average molecular weight is 253 g/mol. The SMILES string of the molecule is N[C@@H](Cc1ccccc1)CC1SCCCS1. The first kappa shape index (κ1) is 12.3. The van der Waals surface area contributed by atoms with Gasteiger partial charge in [-0.25, -0.2) is 0 Å². The number of rotatable bonds is 4. The molecule has 1 aromatic rings. The first-order chi connectivity index (χ1) is 7.84. The lowest BCUT2D eigenvalue weighted by atomic mass is 10.1. The van der Waals surface area contributed by atoms with Gasteiger partial charge in [0, 0.05) is 6.04 Å². The minimum Gasteiger partial charge on any atom is -0.327 e. The molecule has 0 spiro atoms. The van der Waals surface area contributed by atoms with Gasteiger partial charge < -0.3 is 5.73 Å². The molecule has 1 aliphatic rings. The minimum atomic E-state index is 0.311. The second kappa shape index (κ2) is 6.58. The van der Waals surface area contributed by atoms with Crippen molar-refractivity contribution in [1.29, 1.82) is 0 Å². The summed E-state index contributed by atoms with van der Waals surface area (Å²) in [4.78, 5) is 0. The van der Waals surface area contributed by atoms with Crippen LogP contribution in [0.4, 0.5) is 0 Å². The average Bonchev–Trinajstić information content (AvgIpc) is 2.31. The fraction of sp³-hybridized carbons (Fsp3) is 0.538. The summed E-state index contributed by atoms with van der Waals surface area (Å²) in [5, 5.41) is 0. The van der Waals surface area contributed by atoms with Gasteiger partial charge in [0.1, 0.15) is 0 Å². The molecule has 0 saturated carbocycles. The molecule has 1 atom stereocenters. The van der Waals surface area contributed by atoms with Crippen LogP contribution in [0.5, 0.6) is 0 Å². The van der Waals surface area contributed by atoms with Crippen molar-refractivity contribution in [3.63, 3.8) is 0 Å². The predicted molar refractivity (Wildman–Crippen MR) is 76.1 cm³/mol. The topological polar surface area (TPSA) is 26.0 Å². The monoisotopic (exact) mass is 253 g/mol. The maximum atomic E-state index is 6.21. The molecule has 16 heavy (non-hydrogen) atoms. The predicted octanol–water partition coefficient (Wildman–Crippen LogP) is 3.14. The van der Waals surface area contributed by atoms with Crippen molar-refractivity contribution >= 4 is 23.5 Å². The third-order valence-corrected chi connectivity index (χ3v) is 5.73. The van der Waals surface area contributed by atoms with E-state index in [1.165, 1.54) is 23.5 Å². The largest absolute Gasteiger partial charge is 0.327 e. The standard InChI is InChI=1S/C13H19NS2/c14-12(9-11-5-2-1-3-6-11)10-13-15-7-4-8-16-13/h1-3,5-6,12-13H,4,7-10,14H2/t12-/m0/s1. The van der Waals surface area contributed by atoms with E-state index in [1.807, 2.05) is 0 Å². The van der Waals surface area contributed by atoms with Gasteiger partial charge in [-0.3, -0.25) is 0 Å². The van der Waals surface area contributed by atoms with E-state index in [4.69, 9.17) is 5.73 Å². The maximum Gasteiger partial charge on any atom is 0.0517 e. The Morgan fingerprint density at radius 1 is 1.19 bits per heavy atom. The smallest absolute Gasteiger partial charge is 0.0517 e. The Labute approximate surface area is 107 Å². The van der Waals surface area contributed by atoms with E-state index in [0.717, 1.165) is 17.4 Å². The van der Waals surface area contributed by atoms with Gasteiger partial charge >= 0.3 is 0 Å². The van der Waals surface area contributed by atoms with Crippen molar-refractivity contribution in [2.24, 2.45) is 5.73 Å². The van der Waals surface area contributed by atoms with E-state index >= 15 is 0 Å². The summed E-state index contributed by atoms with van der Waals surface area (Å²) >= 11 is 4.17. The van der Waals surface area contributed by atoms with E-state index in [0.29, 0.717) is 6.04 Å². The van der Waals surface area contributed by atoms with E-state index in [1.54, 1.807) is 0 Å². The summed E-state index contributed by atoms with van der Waals surface area (Å²) in [5.41, 5.74) is 7.57.